The van der Waals surface area contributed by atoms with Gasteiger partial charge in [-0.25, -0.2) is 4.79 Å². The third-order valence-corrected chi connectivity index (χ3v) is 2.08. The molecule has 2 aromatic heterocycles. The molecule has 0 saturated heterocycles. The van der Waals surface area contributed by atoms with Gasteiger partial charge in [0.05, 0.1) is 12.9 Å². The summed E-state index contributed by atoms with van der Waals surface area (Å²) in [5, 5.41) is 3.62. The maximum absolute atomic E-state index is 11.3. The Hall–Kier alpha value is -2.04. The molecule has 2 aromatic rings. The van der Waals surface area contributed by atoms with Crippen LogP contribution < -0.4 is 0 Å². The second kappa shape index (κ2) is 4.22. The van der Waals surface area contributed by atoms with Gasteiger partial charge in [-0.2, -0.15) is 0 Å². The first kappa shape index (κ1) is 10.5. The van der Waals surface area contributed by atoms with Crippen molar-refractivity contribution in [3.63, 3.8) is 0 Å². The number of carbonyl (C=O) groups excluding carboxylic acids is 1. The summed E-state index contributed by atoms with van der Waals surface area (Å²) in [4.78, 5) is 11.3. The molecule has 84 valence electrons. The van der Waals surface area contributed by atoms with Gasteiger partial charge < -0.3 is 13.7 Å². The van der Waals surface area contributed by atoms with E-state index in [4.69, 9.17) is 13.7 Å². The average Bonchev–Trinajstić information content (AvgIpc) is 2.86. The summed E-state index contributed by atoms with van der Waals surface area (Å²) in [5.41, 5.74) is 1.07. The molecule has 0 amide bonds. The highest BCUT2D eigenvalue weighted by atomic mass is 16.5. The zero-order valence-corrected chi connectivity index (χ0v) is 9.02. The minimum atomic E-state index is -0.498. The number of nitrogens with zero attached hydrogens (tertiary/aromatic N) is 1. The van der Waals surface area contributed by atoms with Crippen molar-refractivity contribution in [3.8, 4) is 11.5 Å². The molecule has 5 nitrogen and oxygen atoms in total. The van der Waals surface area contributed by atoms with E-state index in [9.17, 15) is 4.79 Å². The van der Waals surface area contributed by atoms with E-state index in [0.29, 0.717) is 18.1 Å². The average molecular weight is 221 g/mol. The Bertz CT molecular complexity index is 498. The lowest BCUT2D eigenvalue weighted by Gasteiger charge is -1.94. The quantitative estimate of drug-likeness (QED) is 0.744. The lowest BCUT2D eigenvalue weighted by Crippen LogP contribution is -2.04. The Balaban J connectivity index is 2.26. The van der Waals surface area contributed by atoms with Gasteiger partial charge in [0.1, 0.15) is 0 Å². The van der Waals surface area contributed by atoms with E-state index in [-0.39, 0.29) is 5.69 Å². The standard InChI is InChI=1S/C11H11NO4/c1-3-14-11(13)8-6-9(16-12-8)10-7(2)4-5-15-10/h4-6H,3H2,1-2H3. The summed E-state index contributed by atoms with van der Waals surface area (Å²) in [6.45, 7) is 3.92. The molecule has 0 unspecified atom stereocenters. The summed E-state index contributed by atoms with van der Waals surface area (Å²) in [6.07, 6.45) is 1.55. The van der Waals surface area contributed by atoms with E-state index in [1.165, 1.54) is 6.07 Å². The van der Waals surface area contributed by atoms with Crippen molar-refractivity contribution in [3.05, 3.63) is 29.7 Å². The van der Waals surface area contributed by atoms with Gasteiger partial charge in [-0.1, -0.05) is 5.16 Å². The Labute approximate surface area is 92.0 Å². The highest BCUT2D eigenvalue weighted by Crippen LogP contribution is 2.24. The molecule has 0 aliphatic rings. The van der Waals surface area contributed by atoms with E-state index in [2.05, 4.69) is 5.16 Å². The van der Waals surface area contributed by atoms with Crippen molar-refractivity contribution in [2.24, 2.45) is 0 Å². The zero-order valence-electron chi connectivity index (χ0n) is 9.02. The van der Waals surface area contributed by atoms with Gasteiger partial charge in [0.25, 0.3) is 0 Å². The van der Waals surface area contributed by atoms with E-state index in [1.54, 1.807) is 13.2 Å². The molecule has 2 rings (SSSR count). The number of ether oxygens (including phenoxy) is 1. The van der Waals surface area contributed by atoms with Crippen LogP contribution in [0.3, 0.4) is 0 Å². The van der Waals surface area contributed by atoms with Gasteiger partial charge in [-0.3, -0.25) is 0 Å². The Morgan fingerprint density at radius 2 is 2.38 bits per heavy atom. The molecule has 16 heavy (non-hydrogen) atoms. The number of hydrogen-bond donors (Lipinski definition) is 0. The number of rotatable bonds is 3. The molecule has 5 heteroatoms. The number of hydrogen-bond acceptors (Lipinski definition) is 5. The molecule has 0 radical (unpaired) electrons. The molecule has 2 heterocycles. The lowest BCUT2D eigenvalue weighted by molar-refractivity contribution is 0.0514. The first-order chi connectivity index (χ1) is 7.72. The van der Waals surface area contributed by atoms with Crippen LogP contribution in [0.4, 0.5) is 0 Å². The predicted octanol–water partition coefficient (Wildman–Crippen LogP) is 2.42. The summed E-state index contributed by atoms with van der Waals surface area (Å²) in [7, 11) is 0. The fourth-order valence-electron chi connectivity index (χ4n) is 1.31. The maximum Gasteiger partial charge on any atom is 0.360 e. The first-order valence-electron chi connectivity index (χ1n) is 4.90. The Morgan fingerprint density at radius 3 is 3.00 bits per heavy atom. The van der Waals surface area contributed by atoms with Crippen molar-refractivity contribution < 1.29 is 18.5 Å². The topological polar surface area (TPSA) is 65.5 Å². The molecular weight excluding hydrogens is 210 g/mol. The molecule has 0 saturated carbocycles. The third-order valence-electron chi connectivity index (χ3n) is 2.08. The van der Waals surface area contributed by atoms with Gasteiger partial charge in [-0.15, -0.1) is 0 Å². The van der Waals surface area contributed by atoms with Crippen LogP contribution >= 0.6 is 0 Å². The molecule has 0 atom stereocenters. The number of aryl methyl sites for hydroxylation is 1. The van der Waals surface area contributed by atoms with Crippen LogP contribution in [0.25, 0.3) is 11.5 Å². The molecule has 0 aliphatic carbocycles. The minimum absolute atomic E-state index is 0.146. The normalized spacial score (nSPS) is 10.4. The van der Waals surface area contributed by atoms with Crippen molar-refractivity contribution in [2.75, 3.05) is 6.61 Å². The van der Waals surface area contributed by atoms with Gasteiger partial charge in [0.15, 0.2) is 11.5 Å². The summed E-state index contributed by atoms with van der Waals surface area (Å²) < 4.78 is 15.0. The van der Waals surface area contributed by atoms with Gasteiger partial charge >= 0.3 is 5.97 Å². The molecular formula is C11H11NO4. The predicted molar refractivity (Wildman–Crippen MR) is 54.9 cm³/mol. The van der Waals surface area contributed by atoms with Crippen molar-refractivity contribution in [1.82, 2.24) is 5.16 Å². The zero-order chi connectivity index (χ0) is 11.5. The first-order valence-corrected chi connectivity index (χ1v) is 4.90. The van der Waals surface area contributed by atoms with E-state index in [0.717, 1.165) is 5.56 Å². The van der Waals surface area contributed by atoms with Crippen molar-refractivity contribution in [2.45, 2.75) is 13.8 Å². The summed E-state index contributed by atoms with van der Waals surface area (Å²) >= 11 is 0. The lowest BCUT2D eigenvalue weighted by atomic mass is 10.2. The SMILES string of the molecule is CCOC(=O)c1cc(-c2occc2C)on1. The number of furan rings is 1. The van der Waals surface area contributed by atoms with E-state index in [1.807, 2.05) is 13.0 Å². The molecule has 0 spiro atoms. The fraction of sp³-hybridized carbons (Fsp3) is 0.273. The number of carbonyl (C=O) groups is 1. The third kappa shape index (κ3) is 1.84. The minimum Gasteiger partial charge on any atom is -0.461 e. The largest absolute Gasteiger partial charge is 0.461 e. The van der Waals surface area contributed by atoms with Crippen LogP contribution in [0.5, 0.6) is 0 Å². The van der Waals surface area contributed by atoms with Crippen molar-refractivity contribution in [1.29, 1.82) is 0 Å². The van der Waals surface area contributed by atoms with Gasteiger partial charge in [0.2, 0.25) is 5.76 Å². The van der Waals surface area contributed by atoms with Crippen LogP contribution in [0.1, 0.15) is 23.0 Å². The molecule has 0 fully saturated rings. The molecule has 0 aliphatic heterocycles. The molecule has 0 bridgehead atoms. The van der Waals surface area contributed by atoms with Crippen LogP contribution in [0.15, 0.2) is 27.3 Å². The Kier molecular flexibility index (Phi) is 2.76. The fourth-order valence-corrected chi connectivity index (χ4v) is 1.31. The van der Waals surface area contributed by atoms with Crippen LogP contribution in [-0.2, 0) is 4.74 Å². The highest BCUT2D eigenvalue weighted by Gasteiger charge is 2.17. The number of esters is 1. The smallest absolute Gasteiger partial charge is 0.360 e. The highest BCUT2D eigenvalue weighted by molar-refractivity contribution is 5.88. The number of aromatic nitrogens is 1. The molecule has 0 N–H and O–H groups in total. The summed E-state index contributed by atoms with van der Waals surface area (Å²) in [6, 6.07) is 3.31. The van der Waals surface area contributed by atoms with E-state index < -0.39 is 5.97 Å². The van der Waals surface area contributed by atoms with Crippen LogP contribution in [-0.4, -0.2) is 17.7 Å². The second-order valence-electron chi connectivity index (χ2n) is 3.23. The maximum atomic E-state index is 11.3. The van der Waals surface area contributed by atoms with E-state index >= 15 is 0 Å². The molecule has 0 aromatic carbocycles. The van der Waals surface area contributed by atoms with Gasteiger partial charge in [0, 0.05) is 6.07 Å². The van der Waals surface area contributed by atoms with Crippen LogP contribution in [0.2, 0.25) is 0 Å². The van der Waals surface area contributed by atoms with Crippen molar-refractivity contribution >= 4 is 5.97 Å². The summed E-state index contributed by atoms with van der Waals surface area (Å²) in [5.74, 6) is 0.496. The van der Waals surface area contributed by atoms with Gasteiger partial charge in [-0.05, 0) is 25.5 Å². The van der Waals surface area contributed by atoms with Crippen LogP contribution in [0, 0.1) is 6.92 Å². The second-order valence-corrected chi connectivity index (χ2v) is 3.23. The Morgan fingerprint density at radius 1 is 1.56 bits per heavy atom. The monoisotopic (exact) mass is 221 g/mol.